The van der Waals surface area contributed by atoms with Gasteiger partial charge in [0.1, 0.15) is 5.52 Å². The number of hydrogen-bond acceptors (Lipinski definition) is 3. The number of nitrogens with zero attached hydrogens (tertiary/aromatic N) is 4. The van der Waals surface area contributed by atoms with Gasteiger partial charge in [0.2, 0.25) is 0 Å². The molecule has 0 saturated carbocycles. The first-order valence-electron chi connectivity index (χ1n) is 11.5. The van der Waals surface area contributed by atoms with E-state index in [4.69, 9.17) is 21.6 Å². The summed E-state index contributed by atoms with van der Waals surface area (Å²) in [6.45, 7) is 2.42. The molecule has 3 aromatic carbocycles. The van der Waals surface area contributed by atoms with E-state index >= 15 is 0 Å². The van der Waals surface area contributed by atoms with Crippen molar-refractivity contribution >= 4 is 39.4 Å². The van der Waals surface area contributed by atoms with E-state index in [1.165, 1.54) is 11.1 Å². The minimum absolute atomic E-state index is 0.683. The lowest BCUT2D eigenvalue weighted by atomic mass is 10.1. The Kier molecular flexibility index (Phi) is 6.54. The van der Waals surface area contributed by atoms with Crippen molar-refractivity contribution in [2.24, 2.45) is 0 Å². The molecule has 166 valence electrons. The van der Waals surface area contributed by atoms with Crippen LogP contribution in [0.15, 0.2) is 91.3 Å². The number of pyridine rings is 1. The van der Waals surface area contributed by atoms with Crippen LogP contribution < -0.4 is 4.90 Å². The zero-order valence-corrected chi connectivity index (χ0v) is 19.3. The maximum atomic E-state index is 5.93. The Bertz CT molecular complexity index is 1290. The molecule has 5 heteroatoms. The lowest BCUT2D eigenvalue weighted by molar-refractivity contribution is 0.649. The maximum Gasteiger partial charge on any atom is 0.158 e. The van der Waals surface area contributed by atoms with Crippen LogP contribution in [0.2, 0.25) is 0 Å². The number of halogens is 1. The van der Waals surface area contributed by atoms with E-state index < -0.39 is 0 Å². The van der Waals surface area contributed by atoms with E-state index in [2.05, 4.69) is 94.4 Å². The fourth-order valence-corrected chi connectivity index (χ4v) is 4.54. The summed E-state index contributed by atoms with van der Waals surface area (Å²) < 4.78 is 2.26. The summed E-state index contributed by atoms with van der Waals surface area (Å²) in [5.74, 6) is 1.61. The SMILES string of the molecule is ClCCCCn1cnc2c(N(Cc3ccccc3)Cc3ccccc3)nc3ccccc3c21. The molecule has 0 atom stereocenters. The quantitative estimate of drug-likeness (QED) is 0.181. The zero-order valence-electron chi connectivity index (χ0n) is 18.6. The highest BCUT2D eigenvalue weighted by Crippen LogP contribution is 2.32. The van der Waals surface area contributed by atoms with Gasteiger partial charge in [-0.05, 0) is 30.0 Å². The molecule has 0 amide bonds. The molecule has 5 aromatic rings. The van der Waals surface area contributed by atoms with Gasteiger partial charge in [-0.25, -0.2) is 9.97 Å². The monoisotopic (exact) mass is 454 g/mol. The van der Waals surface area contributed by atoms with E-state index in [-0.39, 0.29) is 0 Å². The van der Waals surface area contributed by atoms with Gasteiger partial charge in [-0.2, -0.15) is 0 Å². The zero-order chi connectivity index (χ0) is 22.5. The Balaban J connectivity index is 1.64. The Labute approximate surface area is 199 Å². The van der Waals surface area contributed by atoms with Crippen LogP contribution in [0.4, 0.5) is 5.82 Å². The van der Waals surface area contributed by atoms with Gasteiger partial charge in [-0.3, -0.25) is 0 Å². The highest BCUT2D eigenvalue weighted by Gasteiger charge is 2.19. The average Bonchev–Trinajstić information content (AvgIpc) is 3.29. The molecule has 0 aliphatic heterocycles. The van der Waals surface area contributed by atoms with Crippen LogP contribution in [0.3, 0.4) is 0 Å². The Morgan fingerprint density at radius 3 is 2.06 bits per heavy atom. The number of unbranched alkanes of at least 4 members (excludes halogenated alkanes) is 1. The molecule has 2 aromatic heterocycles. The van der Waals surface area contributed by atoms with Crippen LogP contribution in [-0.4, -0.2) is 20.4 Å². The van der Waals surface area contributed by atoms with Gasteiger partial charge in [-0.1, -0.05) is 78.9 Å². The van der Waals surface area contributed by atoms with Crippen molar-refractivity contribution < 1.29 is 0 Å². The number of benzene rings is 3. The van der Waals surface area contributed by atoms with Crippen molar-refractivity contribution in [1.82, 2.24) is 14.5 Å². The maximum absolute atomic E-state index is 5.93. The van der Waals surface area contributed by atoms with Crippen molar-refractivity contribution in [3.05, 3.63) is 102 Å². The third kappa shape index (κ3) is 4.71. The molecule has 33 heavy (non-hydrogen) atoms. The predicted octanol–water partition coefficient (Wildman–Crippen LogP) is 6.81. The lowest BCUT2D eigenvalue weighted by Gasteiger charge is -2.25. The van der Waals surface area contributed by atoms with Crippen LogP contribution >= 0.6 is 11.6 Å². The molecular weight excluding hydrogens is 428 g/mol. The molecule has 0 fully saturated rings. The van der Waals surface area contributed by atoms with Gasteiger partial charge in [0.15, 0.2) is 5.82 Å². The fraction of sp³-hybridized carbons (Fsp3) is 0.214. The highest BCUT2D eigenvalue weighted by atomic mass is 35.5. The molecule has 0 saturated heterocycles. The van der Waals surface area contributed by atoms with Crippen LogP contribution in [0, 0.1) is 0 Å². The third-order valence-corrected chi connectivity index (χ3v) is 6.22. The van der Waals surface area contributed by atoms with Crippen molar-refractivity contribution in [1.29, 1.82) is 0 Å². The largest absolute Gasteiger partial charge is 0.346 e. The van der Waals surface area contributed by atoms with Gasteiger partial charge in [0.25, 0.3) is 0 Å². The van der Waals surface area contributed by atoms with Crippen molar-refractivity contribution in [2.75, 3.05) is 10.8 Å². The van der Waals surface area contributed by atoms with E-state index in [0.29, 0.717) is 5.88 Å². The third-order valence-electron chi connectivity index (χ3n) is 5.95. The molecule has 0 aliphatic rings. The van der Waals surface area contributed by atoms with Gasteiger partial charge in [-0.15, -0.1) is 11.6 Å². The second-order valence-corrected chi connectivity index (χ2v) is 8.69. The molecule has 0 bridgehead atoms. The Hall–Kier alpha value is -3.37. The van der Waals surface area contributed by atoms with Gasteiger partial charge < -0.3 is 9.47 Å². The number of rotatable bonds is 9. The van der Waals surface area contributed by atoms with E-state index in [0.717, 1.165) is 60.2 Å². The standard InChI is InChI=1S/C28H27ClN4/c29-17-9-10-18-32-21-30-26-27(32)24-15-7-8-16-25(24)31-28(26)33(19-22-11-3-1-4-12-22)20-23-13-5-2-6-14-23/h1-8,11-16,21H,9-10,17-20H2. The molecule has 0 radical (unpaired) electrons. The van der Waals surface area contributed by atoms with Crippen molar-refractivity contribution in [3.63, 3.8) is 0 Å². The molecular formula is C28H27ClN4. The number of para-hydroxylation sites is 1. The number of anilines is 1. The summed E-state index contributed by atoms with van der Waals surface area (Å²) in [6, 6.07) is 29.5. The highest BCUT2D eigenvalue weighted by molar-refractivity contribution is 6.17. The lowest BCUT2D eigenvalue weighted by Crippen LogP contribution is -2.23. The van der Waals surface area contributed by atoms with Crippen molar-refractivity contribution in [2.45, 2.75) is 32.5 Å². The number of fused-ring (bicyclic) bond motifs is 3. The summed E-state index contributed by atoms with van der Waals surface area (Å²) in [5.41, 5.74) is 5.59. The summed E-state index contributed by atoms with van der Waals surface area (Å²) in [7, 11) is 0. The van der Waals surface area contributed by atoms with E-state index in [1.54, 1.807) is 0 Å². The molecule has 0 aliphatic carbocycles. The first-order valence-corrected chi connectivity index (χ1v) is 12.0. The minimum Gasteiger partial charge on any atom is -0.346 e. The van der Waals surface area contributed by atoms with E-state index in [1.807, 2.05) is 6.33 Å². The van der Waals surface area contributed by atoms with Crippen LogP contribution in [-0.2, 0) is 19.6 Å². The normalized spacial score (nSPS) is 11.3. The van der Waals surface area contributed by atoms with E-state index in [9.17, 15) is 0 Å². The second-order valence-electron chi connectivity index (χ2n) is 8.31. The van der Waals surface area contributed by atoms with Crippen LogP contribution in [0.25, 0.3) is 21.9 Å². The smallest absolute Gasteiger partial charge is 0.158 e. The fourth-order valence-electron chi connectivity index (χ4n) is 4.35. The van der Waals surface area contributed by atoms with Crippen LogP contribution in [0.5, 0.6) is 0 Å². The molecule has 0 unspecified atom stereocenters. The molecule has 0 N–H and O–H groups in total. The summed E-state index contributed by atoms with van der Waals surface area (Å²) >= 11 is 5.93. The number of imidazole rings is 1. The topological polar surface area (TPSA) is 34.0 Å². The number of aryl methyl sites for hydroxylation is 1. The number of aromatic nitrogens is 3. The molecule has 2 heterocycles. The molecule has 4 nitrogen and oxygen atoms in total. The first kappa shape index (κ1) is 21.5. The Morgan fingerprint density at radius 1 is 0.758 bits per heavy atom. The second kappa shape index (κ2) is 10.1. The minimum atomic E-state index is 0.683. The first-order chi connectivity index (χ1) is 16.3. The Morgan fingerprint density at radius 2 is 1.39 bits per heavy atom. The predicted molar refractivity (Wildman–Crippen MR) is 138 cm³/mol. The van der Waals surface area contributed by atoms with Gasteiger partial charge >= 0.3 is 0 Å². The summed E-state index contributed by atoms with van der Waals surface area (Å²) in [6.07, 6.45) is 3.98. The number of hydrogen-bond donors (Lipinski definition) is 0. The summed E-state index contributed by atoms with van der Waals surface area (Å²) in [5, 5.41) is 1.14. The number of alkyl halides is 1. The summed E-state index contributed by atoms with van der Waals surface area (Å²) in [4.78, 5) is 12.4. The molecule has 5 rings (SSSR count). The average molecular weight is 455 g/mol. The van der Waals surface area contributed by atoms with Crippen molar-refractivity contribution in [3.8, 4) is 0 Å². The van der Waals surface area contributed by atoms with Gasteiger partial charge in [0.05, 0.1) is 17.4 Å². The molecule has 0 spiro atoms. The van der Waals surface area contributed by atoms with Gasteiger partial charge in [0, 0.05) is 30.9 Å². The van der Waals surface area contributed by atoms with Crippen LogP contribution in [0.1, 0.15) is 24.0 Å².